The molecule has 0 aliphatic heterocycles. The smallest absolute Gasteiger partial charge is 0.0665 e. The molecule has 0 aliphatic rings. The molecule has 0 spiro atoms. The molecule has 0 saturated heterocycles. The summed E-state index contributed by atoms with van der Waals surface area (Å²) in [4.78, 5) is 0. The Hall–Kier alpha value is -0.120. The first kappa shape index (κ1) is 12.9. The molecule has 0 heterocycles. The Morgan fingerprint density at radius 3 is 1.85 bits per heavy atom. The largest absolute Gasteiger partial charge is 0.396 e. The molecule has 0 rings (SSSR count). The highest BCUT2D eigenvalue weighted by atomic mass is 16.3. The molecule has 80 valence electrons. The second kappa shape index (κ2) is 5.58. The maximum absolute atomic E-state index is 9.91. The standard InChI is InChI=1S/C10H22O3/c1-4-10(5-2,7-12)9(13)8(3)6-11/h8-9,11-13H,4-7H2,1-3H3. The van der Waals surface area contributed by atoms with Gasteiger partial charge in [-0.2, -0.15) is 0 Å². The van der Waals surface area contributed by atoms with Crippen LogP contribution >= 0.6 is 0 Å². The van der Waals surface area contributed by atoms with Crippen LogP contribution < -0.4 is 0 Å². The number of rotatable bonds is 6. The molecular formula is C10H22O3. The second-order valence-corrected chi connectivity index (χ2v) is 3.83. The van der Waals surface area contributed by atoms with Gasteiger partial charge in [-0.1, -0.05) is 20.8 Å². The molecule has 0 aromatic heterocycles. The maximum atomic E-state index is 9.91. The average Bonchev–Trinajstić information content (AvgIpc) is 2.20. The number of hydrogen-bond acceptors (Lipinski definition) is 3. The van der Waals surface area contributed by atoms with Gasteiger partial charge in [-0.05, 0) is 12.8 Å². The van der Waals surface area contributed by atoms with Gasteiger partial charge in [0, 0.05) is 17.9 Å². The Morgan fingerprint density at radius 2 is 1.62 bits per heavy atom. The normalized spacial score (nSPS) is 17.1. The van der Waals surface area contributed by atoms with Gasteiger partial charge in [0.2, 0.25) is 0 Å². The van der Waals surface area contributed by atoms with E-state index in [-0.39, 0.29) is 19.1 Å². The van der Waals surface area contributed by atoms with Gasteiger partial charge in [0.25, 0.3) is 0 Å². The van der Waals surface area contributed by atoms with Crippen LogP contribution in [0.5, 0.6) is 0 Å². The number of hydrogen-bond donors (Lipinski definition) is 3. The van der Waals surface area contributed by atoms with E-state index in [1.807, 2.05) is 13.8 Å². The molecule has 0 aromatic carbocycles. The average molecular weight is 190 g/mol. The zero-order chi connectivity index (χ0) is 10.5. The Bertz CT molecular complexity index is 124. The van der Waals surface area contributed by atoms with Crippen LogP contribution in [0.1, 0.15) is 33.6 Å². The van der Waals surface area contributed by atoms with Gasteiger partial charge in [-0.15, -0.1) is 0 Å². The van der Waals surface area contributed by atoms with Crippen molar-refractivity contribution in [3.63, 3.8) is 0 Å². The lowest BCUT2D eigenvalue weighted by atomic mass is 9.73. The predicted octanol–water partition coefficient (Wildman–Crippen LogP) is 0.774. The summed E-state index contributed by atoms with van der Waals surface area (Å²) >= 11 is 0. The minimum atomic E-state index is -0.627. The highest BCUT2D eigenvalue weighted by molar-refractivity contribution is 4.86. The lowest BCUT2D eigenvalue weighted by Crippen LogP contribution is -2.42. The summed E-state index contributed by atoms with van der Waals surface area (Å²) in [5.41, 5.74) is -0.442. The molecule has 2 unspecified atom stereocenters. The molecule has 0 aliphatic carbocycles. The fourth-order valence-corrected chi connectivity index (χ4v) is 1.69. The van der Waals surface area contributed by atoms with Crippen LogP contribution in [0, 0.1) is 11.3 Å². The fraction of sp³-hybridized carbons (Fsp3) is 1.00. The van der Waals surface area contributed by atoms with Crippen LogP contribution in [0.25, 0.3) is 0 Å². The van der Waals surface area contributed by atoms with Gasteiger partial charge in [0.05, 0.1) is 12.7 Å². The third kappa shape index (κ3) is 2.66. The molecule has 2 atom stereocenters. The monoisotopic (exact) mass is 190 g/mol. The lowest BCUT2D eigenvalue weighted by Gasteiger charge is -2.37. The van der Waals surface area contributed by atoms with E-state index in [1.165, 1.54) is 0 Å². The Kier molecular flexibility index (Phi) is 5.53. The first-order valence-corrected chi connectivity index (χ1v) is 4.97. The van der Waals surface area contributed by atoms with E-state index in [9.17, 15) is 10.2 Å². The quantitative estimate of drug-likeness (QED) is 0.580. The fourth-order valence-electron chi connectivity index (χ4n) is 1.69. The third-order valence-electron chi connectivity index (χ3n) is 3.18. The van der Waals surface area contributed by atoms with Gasteiger partial charge in [0.1, 0.15) is 0 Å². The van der Waals surface area contributed by atoms with E-state index < -0.39 is 11.5 Å². The highest BCUT2D eigenvalue weighted by Crippen LogP contribution is 2.33. The second-order valence-electron chi connectivity index (χ2n) is 3.83. The van der Waals surface area contributed by atoms with Gasteiger partial charge in [-0.3, -0.25) is 0 Å². The van der Waals surface area contributed by atoms with Crippen LogP contribution in [0.2, 0.25) is 0 Å². The Balaban J connectivity index is 4.52. The van der Waals surface area contributed by atoms with Crippen LogP contribution in [0.4, 0.5) is 0 Å². The van der Waals surface area contributed by atoms with Gasteiger partial charge in [-0.25, -0.2) is 0 Å². The molecule has 0 fully saturated rings. The topological polar surface area (TPSA) is 60.7 Å². The van der Waals surface area contributed by atoms with Crippen molar-refractivity contribution in [2.75, 3.05) is 13.2 Å². The third-order valence-corrected chi connectivity index (χ3v) is 3.18. The molecular weight excluding hydrogens is 168 g/mol. The van der Waals surface area contributed by atoms with Crippen molar-refractivity contribution in [2.45, 2.75) is 39.7 Å². The molecule has 13 heavy (non-hydrogen) atoms. The van der Waals surface area contributed by atoms with Crippen molar-refractivity contribution < 1.29 is 15.3 Å². The Labute approximate surface area is 80.4 Å². The van der Waals surface area contributed by atoms with Crippen molar-refractivity contribution in [1.29, 1.82) is 0 Å². The summed E-state index contributed by atoms with van der Waals surface area (Å²) in [7, 11) is 0. The number of aliphatic hydroxyl groups is 3. The molecule has 0 radical (unpaired) electrons. The van der Waals surface area contributed by atoms with Gasteiger partial charge < -0.3 is 15.3 Å². The van der Waals surface area contributed by atoms with Crippen LogP contribution in [0.15, 0.2) is 0 Å². The summed E-state index contributed by atoms with van der Waals surface area (Å²) in [6.45, 7) is 5.63. The highest BCUT2D eigenvalue weighted by Gasteiger charge is 2.36. The molecule has 0 aromatic rings. The van der Waals surface area contributed by atoms with E-state index in [4.69, 9.17) is 5.11 Å². The zero-order valence-electron chi connectivity index (χ0n) is 8.82. The van der Waals surface area contributed by atoms with Crippen LogP contribution in [0.3, 0.4) is 0 Å². The summed E-state index contributed by atoms with van der Waals surface area (Å²) in [5.74, 6) is -0.174. The minimum absolute atomic E-state index is 0.0223. The summed E-state index contributed by atoms with van der Waals surface area (Å²) in [6.07, 6.45) is 0.828. The Morgan fingerprint density at radius 1 is 1.15 bits per heavy atom. The van der Waals surface area contributed by atoms with Crippen molar-refractivity contribution in [3.8, 4) is 0 Å². The van der Waals surface area contributed by atoms with Crippen molar-refractivity contribution in [1.82, 2.24) is 0 Å². The van der Waals surface area contributed by atoms with E-state index >= 15 is 0 Å². The molecule has 3 heteroatoms. The van der Waals surface area contributed by atoms with Crippen molar-refractivity contribution in [3.05, 3.63) is 0 Å². The molecule has 3 N–H and O–H groups in total. The van der Waals surface area contributed by atoms with E-state index in [0.717, 1.165) is 12.8 Å². The summed E-state index contributed by atoms with van der Waals surface area (Å²) in [6, 6.07) is 0. The SMILES string of the molecule is CCC(CC)(CO)C(O)C(C)CO. The minimum Gasteiger partial charge on any atom is -0.396 e. The first-order chi connectivity index (χ1) is 6.07. The van der Waals surface area contributed by atoms with Crippen LogP contribution in [-0.2, 0) is 0 Å². The van der Waals surface area contributed by atoms with E-state index in [2.05, 4.69) is 0 Å². The molecule has 0 saturated carbocycles. The van der Waals surface area contributed by atoms with Gasteiger partial charge >= 0.3 is 0 Å². The van der Waals surface area contributed by atoms with Crippen molar-refractivity contribution >= 4 is 0 Å². The molecule has 3 nitrogen and oxygen atoms in total. The molecule has 0 amide bonds. The van der Waals surface area contributed by atoms with E-state index in [0.29, 0.717) is 0 Å². The number of aliphatic hydroxyl groups excluding tert-OH is 3. The maximum Gasteiger partial charge on any atom is 0.0665 e. The summed E-state index contributed by atoms with van der Waals surface area (Å²) < 4.78 is 0. The van der Waals surface area contributed by atoms with Crippen LogP contribution in [-0.4, -0.2) is 34.6 Å². The lowest BCUT2D eigenvalue weighted by molar-refractivity contribution is -0.0635. The first-order valence-electron chi connectivity index (χ1n) is 4.97. The molecule has 0 bridgehead atoms. The predicted molar refractivity (Wildman–Crippen MR) is 52.4 cm³/mol. The van der Waals surface area contributed by atoms with Crippen molar-refractivity contribution in [2.24, 2.45) is 11.3 Å². The summed E-state index contributed by atoms with van der Waals surface area (Å²) in [5, 5.41) is 28.1. The zero-order valence-corrected chi connectivity index (χ0v) is 8.82. The van der Waals surface area contributed by atoms with E-state index in [1.54, 1.807) is 6.92 Å². The van der Waals surface area contributed by atoms with Gasteiger partial charge in [0.15, 0.2) is 0 Å².